The number of halogens is 4. The molecular formula is C35H35Cl2F2N5O2. The number of amides is 1. The maximum Gasteiger partial charge on any atom is 0.220 e. The predicted molar refractivity (Wildman–Crippen MR) is 177 cm³/mol. The maximum atomic E-state index is 15.4. The molecule has 0 radical (unpaired) electrons. The van der Waals surface area contributed by atoms with Crippen LogP contribution in [0.25, 0.3) is 33.6 Å². The van der Waals surface area contributed by atoms with Crippen molar-refractivity contribution in [2.45, 2.75) is 44.8 Å². The van der Waals surface area contributed by atoms with Gasteiger partial charge in [-0.3, -0.25) is 19.1 Å². The number of hydrogen-bond acceptors (Lipinski definition) is 6. The lowest BCUT2D eigenvalue weighted by molar-refractivity contribution is -0.119. The van der Waals surface area contributed by atoms with Crippen LogP contribution in [0, 0.1) is 5.82 Å². The van der Waals surface area contributed by atoms with Gasteiger partial charge in [0.05, 0.1) is 35.2 Å². The van der Waals surface area contributed by atoms with Crippen LogP contribution >= 0.6 is 23.2 Å². The molecule has 2 aliphatic rings. The molecule has 0 spiro atoms. The molecule has 0 aliphatic carbocycles. The van der Waals surface area contributed by atoms with E-state index in [9.17, 15) is 9.18 Å². The highest BCUT2D eigenvalue weighted by Crippen LogP contribution is 2.42. The smallest absolute Gasteiger partial charge is 0.220 e. The van der Waals surface area contributed by atoms with Gasteiger partial charge in [0.1, 0.15) is 5.82 Å². The van der Waals surface area contributed by atoms with Gasteiger partial charge in [-0.2, -0.15) is 0 Å². The van der Waals surface area contributed by atoms with E-state index < -0.39 is 0 Å². The molecule has 0 bridgehead atoms. The van der Waals surface area contributed by atoms with Gasteiger partial charge in [-0.15, -0.1) is 0 Å². The molecule has 1 fully saturated rings. The third-order valence-corrected chi connectivity index (χ3v) is 9.42. The number of carbonyl (C=O) groups is 1. The van der Waals surface area contributed by atoms with Crippen LogP contribution in [0.15, 0.2) is 54.7 Å². The van der Waals surface area contributed by atoms with Gasteiger partial charge in [-0.25, -0.2) is 9.37 Å². The molecule has 240 valence electrons. The number of alkyl halides is 1. The Morgan fingerprint density at radius 3 is 2.70 bits per heavy atom. The number of hydrogen-bond donors (Lipinski definition) is 2. The molecule has 6 rings (SSSR count). The van der Waals surface area contributed by atoms with Crippen molar-refractivity contribution in [3.05, 3.63) is 87.3 Å². The van der Waals surface area contributed by atoms with Gasteiger partial charge in [-0.05, 0) is 49.1 Å². The summed E-state index contributed by atoms with van der Waals surface area (Å²) in [6, 6.07) is 14.9. The Balaban J connectivity index is 1.25. The minimum atomic E-state index is -0.378. The largest absolute Gasteiger partial charge is 0.481 e. The zero-order valence-corrected chi connectivity index (χ0v) is 27.0. The van der Waals surface area contributed by atoms with Gasteiger partial charge in [0, 0.05) is 84.8 Å². The summed E-state index contributed by atoms with van der Waals surface area (Å²) in [4.78, 5) is 22.8. The second kappa shape index (κ2) is 14.4. The third-order valence-electron chi connectivity index (χ3n) is 8.63. The number of nitrogens with zero attached hydrogens (tertiary/aromatic N) is 3. The van der Waals surface area contributed by atoms with Crippen molar-refractivity contribution in [3.63, 3.8) is 0 Å². The van der Waals surface area contributed by atoms with Gasteiger partial charge in [0.2, 0.25) is 11.8 Å². The van der Waals surface area contributed by atoms with Gasteiger partial charge in [0.15, 0.2) is 0 Å². The number of nitrogens with one attached hydrogen (secondary N) is 2. The van der Waals surface area contributed by atoms with Gasteiger partial charge < -0.3 is 15.4 Å². The van der Waals surface area contributed by atoms with Crippen LogP contribution in [0.1, 0.15) is 36.0 Å². The van der Waals surface area contributed by atoms with Crippen LogP contribution in [0.3, 0.4) is 0 Å². The Kier molecular flexibility index (Phi) is 10.1. The van der Waals surface area contributed by atoms with Crippen LogP contribution in [-0.2, 0) is 24.3 Å². The Hall–Kier alpha value is -3.63. The number of pyridine rings is 2. The van der Waals surface area contributed by atoms with Crippen LogP contribution in [-0.4, -0.2) is 60.2 Å². The topological polar surface area (TPSA) is 79.4 Å². The van der Waals surface area contributed by atoms with E-state index in [0.29, 0.717) is 101 Å². The van der Waals surface area contributed by atoms with Crippen molar-refractivity contribution in [1.29, 1.82) is 0 Å². The lowest BCUT2D eigenvalue weighted by Crippen LogP contribution is -2.35. The molecule has 7 nitrogen and oxygen atoms in total. The third kappa shape index (κ3) is 6.88. The molecule has 1 atom stereocenters. The molecule has 46 heavy (non-hydrogen) atoms. The molecule has 11 heteroatoms. The first-order chi connectivity index (χ1) is 22.4. The van der Waals surface area contributed by atoms with E-state index in [2.05, 4.69) is 20.5 Å². The Morgan fingerprint density at radius 2 is 1.91 bits per heavy atom. The van der Waals surface area contributed by atoms with Crippen molar-refractivity contribution < 1.29 is 18.3 Å². The maximum absolute atomic E-state index is 15.4. The van der Waals surface area contributed by atoms with Gasteiger partial charge in [-0.1, -0.05) is 47.5 Å². The molecule has 0 saturated carbocycles. The highest BCUT2D eigenvalue weighted by molar-refractivity contribution is 6.39. The van der Waals surface area contributed by atoms with Crippen LogP contribution < -0.4 is 15.4 Å². The fraction of sp³-hybridized carbons (Fsp3) is 0.343. The molecule has 2 N–H and O–H groups in total. The first kappa shape index (κ1) is 32.3. The van der Waals surface area contributed by atoms with E-state index in [4.69, 9.17) is 32.9 Å². The fourth-order valence-electron chi connectivity index (χ4n) is 6.22. The standard InChI is InChI=1S/C35H35Cl2F2N5O2/c1-46-35-22(18-40-19-24-7-9-31(45)42-24)6-8-30(43-35)27-5-2-4-25(32(27)36)26-10-13-41-34(33(26)37)23-16-21-11-15-44(14-3-12-38)20-28(21)29(39)17-23/h2,4-6,8,10,13,16-17,24,40H,3,7,9,11-12,14-15,18-20H2,1H3,(H,42,45)/t24-/m1/s1. The summed E-state index contributed by atoms with van der Waals surface area (Å²) >= 11 is 14.0. The van der Waals surface area contributed by atoms with Gasteiger partial charge >= 0.3 is 0 Å². The van der Waals surface area contributed by atoms with Crippen molar-refractivity contribution in [2.24, 2.45) is 0 Å². The van der Waals surface area contributed by atoms with E-state index in [1.165, 1.54) is 6.07 Å². The monoisotopic (exact) mass is 665 g/mol. The van der Waals surface area contributed by atoms with E-state index in [1.54, 1.807) is 19.4 Å². The SMILES string of the molecule is COc1nc(-c2cccc(-c3ccnc(-c4cc(F)c5c(c4)CCN(CCCF)C5)c3Cl)c2Cl)ccc1CNC[C@H]1CCC(=O)N1. The van der Waals surface area contributed by atoms with Crippen molar-refractivity contribution in [2.75, 3.05) is 33.4 Å². The number of aromatic nitrogens is 2. The minimum Gasteiger partial charge on any atom is -0.481 e. The quantitative estimate of drug-likeness (QED) is 0.179. The number of ether oxygens (including phenoxy) is 1. The summed E-state index contributed by atoms with van der Waals surface area (Å²) in [6.45, 7) is 2.64. The molecular weight excluding hydrogens is 631 g/mol. The van der Waals surface area contributed by atoms with Gasteiger partial charge in [0.25, 0.3) is 0 Å². The van der Waals surface area contributed by atoms with E-state index in [1.807, 2.05) is 36.4 Å². The Morgan fingerprint density at radius 1 is 1.09 bits per heavy atom. The lowest BCUT2D eigenvalue weighted by Gasteiger charge is -2.29. The summed E-state index contributed by atoms with van der Waals surface area (Å²) in [6.07, 6.45) is 4.15. The van der Waals surface area contributed by atoms with Crippen molar-refractivity contribution in [1.82, 2.24) is 25.5 Å². The van der Waals surface area contributed by atoms with Crippen LogP contribution in [0.5, 0.6) is 5.88 Å². The second-order valence-corrected chi connectivity index (χ2v) is 12.4. The van der Waals surface area contributed by atoms with Crippen molar-refractivity contribution in [3.8, 4) is 39.5 Å². The number of rotatable bonds is 11. The average Bonchev–Trinajstić information content (AvgIpc) is 3.49. The van der Waals surface area contributed by atoms with E-state index >= 15 is 4.39 Å². The normalized spacial score (nSPS) is 16.4. The molecule has 0 unspecified atom stereocenters. The summed E-state index contributed by atoms with van der Waals surface area (Å²) in [7, 11) is 1.58. The highest BCUT2D eigenvalue weighted by Gasteiger charge is 2.23. The minimum absolute atomic E-state index is 0.0889. The number of benzene rings is 2. The molecule has 2 aromatic heterocycles. The molecule has 4 aromatic rings. The number of methoxy groups -OCH3 is 1. The first-order valence-corrected chi connectivity index (χ1v) is 16.2. The van der Waals surface area contributed by atoms with E-state index in [-0.39, 0.29) is 24.4 Å². The number of fused-ring (bicyclic) bond motifs is 1. The summed E-state index contributed by atoms with van der Waals surface area (Å²) in [5.74, 6) is 0.252. The lowest BCUT2D eigenvalue weighted by atomic mass is 9.94. The highest BCUT2D eigenvalue weighted by atomic mass is 35.5. The summed E-state index contributed by atoms with van der Waals surface area (Å²) in [5, 5.41) is 7.16. The Bertz CT molecular complexity index is 1750. The second-order valence-electron chi connectivity index (χ2n) is 11.7. The molecule has 2 aromatic carbocycles. The van der Waals surface area contributed by atoms with Crippen LogP contribution in [0.2, 0.25) is 10.0 Å². The molecule has 1 amide bonds. The average molecular weight is 667 g/mol. The van der Waals surface area contributed by atoms with E-state index in [0.717, 1.165) is 24.1 Å². The predicted octanol–water partition coefficient (Wildman–Crippen LogP) is 7.02. The molecule has 4 heterocycles. The molecule has 2 aliphatic heterocycles. The zero-order valence-electron chi connectivity index (χ0n) is 25.5. The summed E-state index contributed by atoms with van der Waals surface area (Å²) in [5.41, 5.74) is 6.21. The zero-order chi connectivity index (χ0) is 32.2. The van der Waals surface area contributed by atoms with Crippen molar-refractivity contribution >= 4 is 29.1 Å². The first-order valence-electron chi connectivity index (χ1n) is 15.4. The Labute approximate surface area is 277 Å². The number of carbonyl (C=O) groups excluding carboxylic acids is 1. The van der Waals surface area contributed by atoms with Crippen LogP contribution in [0.4, 0.5) is 8.78 Å². The summed E-state index contributed by atoms with van der Waals surface area (Å²) < 4.78 is 33.7. The fourth-order valence-corrected chi connectivity index (χ4v) is 6.87. The molecule has 1 saturated heterocycles.